The largest absolute Gasteiger partial charge is 0.496 e. The molecule has 0 aliphatic carbocycles. The molecular formula is C21H20Cl2N2O3. The SMILES string of the molecule is COc1ccccc1CCNC(=O)COc1c(Cl)cc(Cl)c2ccc(C)nc12. The van der Waals surface area contributed by atoms with Gasteiger partial charge in [0.2, 0.25) is 0 Å². The van der Waals surface area contributed by atoms with E-state index in [1.807, 2.05) is 43.3 Å². The first-order valence-corrected chi connectivity index (χ1v) is 9.52. The zero-order chi connectivity index (χ0) is 20.1. The second-order valence-electron chi connectivity index (χ2n) is 6.22. The van der Waals surface area contributed by atoms with Crippen LogP contribution in [0.1, 0.15) is 11.3 Å². The average Bonchev–Trinajstić information content (AvgIpc) is 2.68. The summed E-state index contributed by atoms with van der Waals surface area (Å²) in [7, 11) is 1.63. The highest BCUT2D eigenvalue weighted by molar-refractivity contribution is 6.39. The number of para-hydroxylation sites is 1. The summed E-state index contributed by atoms with van der Waals surface area (Å²) in [5.41, 5.74) is 2.37. The van der Waals surface area contributed by atoms with Crippen LogP contribution >= 0.6 is 23.2 Å². The lowest BCUT2D eigenvalue weighted by atomic mass is 10.1. The highest BCUT2D eigenvalue weighted by Crippen LogP contribution is 2.37. The van der Waals surface area contributed by atoms with Crippen LogP contribution in [0.4, 0.5) is 0 Å². The Morgan fingerprint density at radius 3 is 2.71 bits per heavy atom. The van der Waals surface area contributed by atoms with Gasteiger partial charge in [0, 0.05) is 17.6 Å². The maximum atomic E-state index is 12.2. The highest BCUT2D eigenvalue weighted by Gasteiger charge is 2.14. The number of benzene rings is 2. The van der Waals surface area contributed by atoms with Crippen molar-refractivity contribution in [1.82, 2.24) is 10.3 Å². The molecule has 0 bridgehead atoms. The molecule has 5 nitrogen and oxygen atoms in total. The Morgan fingerprint density at radius 1 is 1.14 bits per heavy atom. The van der Waals surface area contributed by atoms with Crippen molar-refractivity contribution in [3.8, 4) is 11.5 Å². The standard InChI is InChI=1S/C21H20Cl2N2O3/c1-13-7-8-15-16(22)11-17(23)21(20(15)25-13)28-12-19(26)24-10-9-14-5-3-4-6-18(14)27-2/h3-8,11H,9-10,12H2,1-2H3,(H,24,26). The molecule has 0 aliphatic rings. The van der Waals surface area contributed by atoms with Crippen molar-refractivity contribution in [3.05, 3.63) is 63.8 Å². The lowest BCUT2D eigenvalue weighted by molar-refractivity contribution is -0.123. The van der Waals surface area contributed by atoms with Crippen LogP contribution in [0.15, 0.2) is 42.5 Å². The number of aryl methyl sites for hydroxylation is 1. The van der Waals surface area contributed by atoms with E-state index in [0.29, 0.717) is 34.3 Å². The number of halogens is 2. The number of nitrogens with zero attached hydrogens (tertiary/aromatic N) is 1. The van der Waals surface area contributed by atoms with Crippen LogP contribution < -0.4 is 14.8 Å². The summed E-state index contributed by atoms with van der Waals surface area (Å²) < 4.78 is 11.0. The van der Waals surface area contributed by atoms with Gasteiger partial charge in [0.15, 0.2) is 12.4 Å². The predicted molar refractivity (Wildman–Crippen MR) is 112 cm³/mol. The number of methoxy groups -OCH3 is 1. The molecule has 1 aromatic heterocycles. The van der Waals surface area contributed by atoms with Gasteiger partial charge in [-0.1, -0.05) is 41.4 Å². The number of rotatable bonds is 7. The van der Waals surface area contributed by atoms with Crippen LogP contribution in [0, 0.1) is 6.92 Å². The molecule has 7 heteroatoms. The molecule has 2 aromatic carbocycles. The van der Waals surface area contributed by atoms with E-state index >= 15 is 0 Å². The smallest absolute Gasteiger partial charge is 0.257 e. The van der Waals surface area contributed by atoms with Gasteiger partial charge in [-0.2, -0.15) is 0 Å². The molecule has 0 spiro atoms. The minimum absolute atomic E-state index is 0.169. The van der Waals surface area contributed by atoms with Crippen LogP contribution in [0.2, 0.25) is 10.0 Å². The number of carbonyl (C=O) groups excluding carboxylic acids is 1. The lowest BCUT2D eigenvalue weighted by Gasteiger charge is -2.13. The minimum Gasteiger partial charge on any atom is -0.496 e. The van der Waals surface area contributed by atoms with Crippen LogP contribution in [0.5, 0.6) is 11.5 Å². The number of hydrogen-bond donors (Lipinski definition) is 1. The quantitative estimate of drug-likeness (QED) is 0.608. The molecule has 0 atom stereocenters. The molecule has 1 amide bonds. The van der Waals surface area contributed by atoms with Crippen molar-refractivity contribution < 1.29 is 14.3 Å². The zero-order valence-electron chi connectivity index (χ0n) is 15.6. The Labute approximate surface area is 173 Å². The highest BCUT2D eigenvalue weighted by atomic mass is 35.5. The van der Waals surface area contributed by atoms with E-state index < -0.39 is 0 Å². The van der Waals surface area contributed by atoms with Gasteiger partial charge in [0.05, 0.1) is 17.2 Å². The van der Waals surface area contributed by atoms with Crippen LogP contribution in [0.3, 0.4) is 0 Å². The first-order valence-electron chi connectivity index (χ1n) is 8.76. The molecule has 146 valence electrons. The number of hydrogen-bond acceptors (Lipinski definition) is 4. The Morgan fingerprint density at radius 2 is 1.93 bits per heavy atom. The summed E-state index contributed by atoms with van der Waals surface area (Å²) in [5.74, 6) is 0.903. The number of carbonyl (C=O) groups is 1. The van der Waals surface area contributed by atoms with Crippen molar-refractivity contribution >= 4 is 40.0 Å². The molecule has 3 aromatic rings. The van der Waals surface area contributed by atoms with Gasteiger partial charge in [-0.15, -0.1) is 0 Å². The fourth-order valence-electron chi connectivity index (χ4n) is 2.86. The van der Waals surface area contributed by atoms with Crippen molar-refractivity contribution in [2.75, 3.05) is 20.3 Å². The summed E-state index contributed by atoms with van der Waals surface area (Å²) in [6.07, 6.45) is 0.654. The van der Waals surface area contributed by atoms with Gasteiger partial charge in [-0.25, -0.2) is 4.98 Å². The maximum Gasteiger partial charge on any atom is 0.257 e. The summed E-state index contributed by atoms with van der Waals surface area (Å²) in [6.45, 7) is 2.16. The normalized spacial score (nSPS) is 10.7. The maximum absolute atomic E-state index is 12.2. The lowest BCUT2D eigenvalue weighted by Crippen LogP contribution is -2.30. The average molecular weight is 419 g/mol. The molecule has 0 saturated carbocycles. The van der Waals surface area contributed by atoms with Gasteiger partial charge in [-0.05, 0) is 43.2 Å². The summed E-state index contributed by atoms with van der Waals surface area (Å²) >= 11 is 12.5. The summed E-state index contributed by atoms with van der Waals surface area (Å²) in [5, 5.41) is 4.36. The summed E-state index contributed by atoms with van der Waals surface area (Å²) in [6, 6.07) is 13.0. The first kappa shape index (κ1) is 20.2. The van der Waals surface area contributed by atoms with Crippen LogP contribution in [0.25, 0.3) is 10.9 Å². The van der Waals surface area contributed by atoms with E-state index in [-0.39, 0.29) is 12.5 Å². The van der Waals surface area contributed by atoms with Gasteiger partial charge in [0.25, 0.3) is 5.91 Å². The molecule has 3 rings (SSSR count). The van der Waals surface area contributed by atoms with Crippen LogP contribution in [-0.2, 0) is 11.2 Å². The Bertz CT molecular complexity index is 1010. The van der Waals surface area contributed by atoms with E-state index in [0.717, 1.165) is 22.4 Å². The van der Waals surface area contributed by atoms with Crippen molar-refractivity contribution in [3.63, 3.8) is 0 Å². The second kappa shape index (κ2) is 9.13. The molecule has 1 N–H and O–H groups in total. The van der Waals surface area contributed by atoms with E-state index in [4.69, 9.17) is 32.7 Å². The molecule has 0 fully saturated rings. The van der Waals surface area contributed by atoms with E-state index in [2.05, 4.69) is 10.3 Å². The fraction of sp³-hybridized carbons (Fsp3) is 0.238. The number of nitrogens with one attached hydrogen (secondary N) is 1. The third-order valence-corrected chi connectivity index (χ3v) is 4.83. The minimum atomic E-state index is -0.248. The number of ether oxygens (including phenoxy) is 2. The fourth-order valence-corrected chi connectivity index (χ4v) is 3.43. The first-order chi connectivity index (χ1) is 13.5. The Kier molecular flexibility index (Phi) is 6.60. The number of aromatic nitrogens is 1. The van der Waals surface area contributed by atoms with Gasteiger partial charge in [-0.3, -0.25) is 4.79 Å². The van der Waals surface area contributed by atoms with E-state index in [1.165, 1.54) is 0 Å². The number of amides is 1. The molecule has 1 heterocycles. The predicted octanol–water partition coefficient (Wildman–Crippen LogP) is 4.60. The van der Waals surface area contributed by atoms with E-state index in [1.54, 1.807) is 13.2 Å². The molecular weight excluding hydrogens is 399 g/mol. The van der Waals surface area contributed by atoms with E-state index in [9.17, 15) is 4.79 Å². The Balaban J connectivity index is 1.63. The third-order valence-electron chi connectivity index (χ3n) is 4.23. The van der Waals surface area contributed by atoms with Gasteiger partial charge < -0.3 is 14.8 Å². The molecule has 0 aliphatic heterocycles. The van der Waals surface area contributed by atoms with Gasteiger partial charge in [0.1, 0.15) is 11.3 Å². The monoisotopic (exact) mass is 418 g/mol. The molecule has 0 saturated heterocycles. The topological polar surface area (TPSA) is 60.5 Å². The van der Waals surface area contributed by atoms with Gasteiger partial charge >= 0.3 is 0 Å². The summed E-state index contributed by atoms with van der Waals surface area (Å²) in [4.78, 5) is 16.6. The van der Waals surface area contributed by atoms with Crippen molar-refractivity contribution in [2.45, 2.75) is 13.3 Å². The van der Waals surface area contributed by atoms with Crippen molar-refractivity contribution in [2.24, 2.45) is 0 Å². The molecule has 0 radical (unpaired) electrons. The Hall–Kier alpha value is -2.50. The zero-order valence-corrected chi connectivity index (χ0v) is 17.1. The number of pyridine rings is 1. The third kappa shape index (κ3) is 4.66. The molecule has 0 unspecified atom stereocenters. The number of fused-ring (bicyclic) bond motifs is 1. The van der Waals surface area contributed by atoms with Crippen LogP contribution in [-0.4, -0.2) is 31.2 Å². The second-order valence-corrected chi connectivity index (χ2v) is 7.03. The van der Waals surface area contributed by atoms with Crippen molar-refractivity contribution in [1.29, 1.82) is 0 Å². The molecule has 28 heavy (non-hydrogen) atoms.